The van der Waals surface area contributed by atoms with Crippen molar-refractivity contribution in [1.29, 1.82) is 0 Å². The van der Waals surface area contributed by atoms with E-state index in [0.717, 1.165) is 45.5 Å². The quantitative estimate of drug-likeness (QED) is 0.567. The first kappa shape index (κ1) is 20.2. The summed E-state index contributed by atoms with van der Waals surface area (Å²) in [5, 5.41) is 8.05. The SMILES string of the molecule is COCCNC(=O)c1sc2ccccc2c1C1CCN(C(=O)c2cc(C3CC3)on2)C1. The van der Waals surface area contributed by atoms with Crippen molar-refractivity contribution in [2.75, 3.05) is 33.4 Å². The van der Waals surface area contributed by atoms with Gasteiger partial charge in [-0.1, -0.05) is 23.4 Å². The zero-order chi connectivity index (χ0) is 21.4. The van der Waals surface area contributed by atoms with Crippen LogP contribution in [-0.2, 0) is 4.74 Å². The van der Waals surface area contributed by atoms with Crippen molar-refractivity contribution in [3.8, 4) is 0 Å². The lowest BCUT2D eigenvalue weighted by Gasteiger charge is -2.16. The topological polar surface area (TPSA) is 84.7 Å². The van der Waals surface area contributed by atoms with Crippen LogP contribution in [0.1, 0.15) is 62.6 Å². The normalized spacial score (nSPS) is 18.6. The van der Waals surface area contributed by atoms with E-state index >= 15 is 0 Å². The molecule has 1 atom stereocenters. The Morgan fingerprint density at radius 1 is 1.26 bits per heavy atom. The first-order valence-electron chi connectivity index (χ1n) is 10.7. The van der Waals surface area contributed by atoms with Crippen LogP contribution in [-0.4, -0.2) is 55.2 Å². The van der Waals surface area contributed by atoms with Crippen molar-refractivity contribution in [2.45, 2.75) is 31.1 Å². The minimum Gasteiger partial charge on any atom is -0.383 e. The summed E-state index contributed by atoms with van der Waals surface area (Å²) in [5.74, 6) is 1.18. The van der Waals surface area contributed by atoms with E-state index in [9.17, 15) is 9.59 Å². The Morgan fingerprint density at radius 3 is 2.90 bits per heavy atom. The van der Waals surface area contributed by atoms with Gasteiger partial charge in [-0.3, -0.25) is 9.59 Å². The van der Waals surface area contributed by atoms with Gasteiger partial charge in [0.25, 0.3) is 11.8 Å². The molecule has 1 saturated carbocycles. The summed E-state index contributed by atoms with van der Waals surface area (Å²) in [6, 6.07) is 9.89. The van der Waals surface area contributed by atoms with Gasteiger partial charge in [0, 0.05) is 49.3 Å². The average Bonchev–Trinajstić information content (AvgIpc) is 3.19. The van der Waals surface area contributed by atoms with Crippen LogP contribution < -0.4 is 5.32 Å². The highest BCUT2D eigenvalue weighted by atomic mass is 32.1. The molecular weight excluding hydrogens is 414 g/mol. The van der Waals surface area contributed by atoms with Crippen molar-refractivity contribution in [1.82, 2.24) is 15.4 Å². The summed E-state index contributed by atoms with van der Waals surface area (Å²) in [6.07, 6.45) is 3.03. The highest BCUT2D eigenvalue weighted by molar-refractivity contribution is 7.21. The molecule has 3 heterocycles. The number of hydrogen-bond acceptors (Lipinski definition) is 6. The standard InChI is InChI=1S/C23H25N3O4S/c1-29-11-9-24-22(27)21-20(16-4-2-3-5-19(16)31-21)15-8-10-26(13-15)23(28)17-12-18(30-25-17)14-6-7-14/h2-5,12,14-15H,6-11,13H2,1H3,(H,24,27). The lowest BCUT2D eigenvalue weighted by Crippen LogP contribution is -2.29. The molecular formula is C23H25N3O4S. The summed E-state index contributed by atoms with van der Waals surface area (Å²) in [5.41, 5.74) is 1.43. The molecule has 7 nitrogen and oxygen atoms in total. The average molecular weight is 440 g/mol. The summed E-state index contributed by atoms with van der Waals surface area (Å²) in [7, 11) is 1.61. The Bertz CT molecular complexity index is 1120. The van der Waals surface area contributed by atoms with Crippen LogP contribution in [0.4, 0.5) is 0 Å². The van der Waals surface area contributed by atoms with E-state index < -0.39 is 0 Å². The van der Waals surface area contributed by atoms with Crippen molar-refractivity contribution in [3.05, 3.63) is 52.2 Å². The molecule has 0 radical (unpaired) electrons. The van der Waals surface area contributed by atoms with Crippen molar-refractivity contribution < 1.29 is 18.8 Å². The molecule has 1 aliphatic heterocycles. The maximum Gasteiger partial charge on any atom is 0.276 e. The smallest absolute Gasteiger partial charge is 0.276 e. The van der Waals surface area contributed by atoms with Crippen LogP contribution in [0.25, 0.3) is 10.1 Å². The van der Waals surface area contributed by atoms with E-state index in [1.807, 2.05) is 23.1 Å². The van der Waals surface area contributed by atoms with Gasteiger partial charge in [-0.05, 0) is 36.3 Å². The Balaban J connectivity index is 1.38. The molecule has 0 bridgehead atoms. The van der Waals surface area contributed by atoms with Crippen LogP contribution >= 0.6 is 11.3 Å². The van der Waals surface area contributed by atoms with E-state index in [4.69, 9.17) is 9.26 Å². The molecule has 2 aliphatic rings. The number of carbonyl (C=O) groups is 2. The number of thiophene rings is 1. The molecule has 31 heavy (non-hydrogen) atoms. The Morgan fingerprint density at radius 2 is 2.10 bits per heavy atom. The van der Waals surface area contributed by atoms with Gasteiger partial charge >= 0.3 is 0 Å². The second-order valence-electron chi connectivity index (χ2n) is 8.22. The van der Waals surface area contributed by atoms with E-state index in [2.05, 4.69) is 16.5 Å². The Hall–Kier alpha value is -2.71. The van der Waals surface area contributed by atoms with Crippen molar-refractivity contribution >= 4 is 33.2 Å². The fraction of sp³-hybridized carbons (Fsp3) is 0.435. The number of likely N-dealkylation sites (tertiary alicyclic amines) is 1. The minimum absolute atomic E-state index is 0.0800. The molecule has 2 fully saturated rings. The first-order valence-corrected chi connectivity index (χ1v) is 11.5. The number of ether oxygens (including phenoxy) is 1. The number of benzene rings is 1. The van der Waals surface area contributed by atoms with Gasteiger partial charge in [-0.25, -0.2) is 0 Å². The molecule has 0 spiro atoms. The van der Waals surface area contributed by atoms with Crippen LogP contribution in [0, 0.1) is 0 Å². The van der Waals surface area contributed by atoms with Gasteiger partial charge in [0.1, 0.15) is 5.76 Å². The Labute approximate surface area is 184 Å². The van der Waals surface area contributed by atoms with E-state index in [-0.39, 0.29) is 17.7 Å². The van der Waals surface area contributed by atoms with Crippen LogP contribution in [0.2, 0.25) is 0 Å². The van der Waals surface area contributed by atoms with Gasteiger partial charge in [0.05, 0.1) is 11.5 Å². The molecule has 162 valence electrons. The van der Waals surface area contributed by atoms with E-state index in [1.165, 1.54) is 11.3 Å². The van der Waals surface area contributed by atoms with Gasteiger partial charge in [-0.15, -0.1) is 11.3 Å². The zero-order valence-electron chi connectivity index (χ0n) is 17.4. The zero-order valence-corrected chi connectivity index (χ0v) is 18.2. The lowest BCUT2D eigenvalue weighted by atomic mass is 9.95. The Kier molecular flexibility index (Phi) is 5.50. The van der Waals surface area contributed by atoms with Gasteiger partial charge in [0.15, 0.2) is 5.69 Å². The largest absolute Gasteiger partial charge is 0.383 e. The fourth-order valence-electron chi connectivity index (χ4n) is 4.28. The predicted molar refractivity (Wildman–Crippen MR) is 118 cm³/mol. The molecule has 8 heteroatoms. The molecule has 5 rings (SSSR count). The predicted octanol–water partition coefficient (Wildman–Crippen LogP) is 3.77. The lowest BCUT2D eigenvalue weighted by molar-refractivity contribution is 0.0780. The van der Waals surface area contributed by atoms with Gasteiger partial charge in [-0.2, -0.15) is 0 Å². The number of rotatable bonds is 7. The molecule has 1 N–H and O–H groups in total. The molecule has 2 aromatic heterocycles. The van der Waals surface area contributed by atoms with Crippen molar-refractivity contribution in [3.63, 3.8) is 0 Å². The fourth-order valence-corrected chi connectivity index (χ4v) is 5.48. The van der Waals surface area contributed by atoms with E-state index in [1.54, 1.807) is 13.2 Å². The maximum absolute atomic E-state index is 13.0. The third-order valence-corrected chi connectivity index (χ3v) is 7.23. The number of hydrogen-bond donors (Lipinski definition) is 1. The van der Waals surface area contributed by atoms with E-state index in [0.29, 0.717) is 37.9 Å². The number of nitrogens with zero attached hydrogens (tertiary/aromatic N) is 2. The summed E-state index contributed by atoms with van der Waals surface area (Å²) in [6.45, 7) is 2.15. The van der Waals surface area contributed by atoms with Gasteiger partial charge in [0.2, 0.25) is 0 Å². The van der Waals surface area contributed by atoms with Crippen LogP contribution in [0.5, 0.6) is 0 Å². The second-order valence-corrected chi connectivity index (χ2v) is 9.27. The summed E-state index contributed by atoms with van der Waals surface area (Å²) in [4.78, 5) is 28.5. The maximum atomic E-state index is 13.0. The first-order chi connectivity index (χ1) is 15.2. The number of nitrogens with one attached hydrogen (secondary N) is 1. The molecule has 2 amide bonds. The molecule has 3 aromatic rings. The number of fused-ring (bicyclic) bond motifs is 1. The number of amides is 2. The minimum atomic E-state index is -0.0937. The second kappa shape index (κ2) is 8.43. The molecule has 1 aliphatic carbocycles. The van der Waals surface area contributed by atoms with Crippen molar-refractivity contribution in [2.24, 2.45) is 0 Å². The summed E-state index contributed by atoms with van der Waals surface area (Å²) >= 11 is 1.51. The number of aromatic nitrogens is 1. The number of carbonyl (C=O) groups excluding carboxylic acids is 2. The van der Waals surface area contributed by atoms with Crippen LogP contribution in [0.3, 0.4) is 0 Å². The molecule has 1 aromatic carbocycles. The monoisotopic (exact) mass is 439 g/mol. The third kappa shape index (κ3) is 3.97. The van der Waals surface area contributed by atoms with Crippen LogP contribution in [0.15, 0.2) is 34.9 Å². The highest BCUT2D eigenvalue weighted by Gasteiger charge is 2.35. The number of methoxy groups -OCH3 is 1. The highest BCUT2D eigenvalue weighted by Crippen LogP contribution is 2.42. The summed E-state index contributed by atoms with van der Waals surface area (Å²) < 4.78 is 11.5. The third-order valence-electron chi connectivity index (χ3n) is 6.04. The van der Waals surface area contributed by atoms with Gasteiger partial charge < -0.3 is 19.5 Å². The molecule has 1 saturated heterocycles. The molecule has 1 unspecified atom stereocenters.